The number of hydrogen-bond acceptors (Lipinski definition) is 5. The Labute approximate surface area is 155 Å². The Bertz CT molecular complexity index is 1220. The zero-order valence-electron chi connectivity index (χ0n) is 15.2. The lowest BCUT2D eigenvalue weighted by atomic mass is 10.0. The lowest BCUT2D eigenvalue weighted by molar-refractivity contribution is 0.636. The summed E-state index contributed by atoms with van der Waals surface area (Å²) in [6, 6.07) is 8.32. The van der Waals surface area contributed by atoms with Gasteiger partial charge in [-0.15, -0.1) is 0 Å². The third-order valence-electron chi connectivity index (χ3n) is 5.25. The van der Waals surface area contributed by atoms with Crippen LogP contribution in [0.25, 0.3) is 21.9 Å². The van der Waals surface area contributed by atoms with Crippen molar-refractivity contribution in [2.24, 2.45) is 0 Å². The van der Waals surface area contributed by atoms with Gasteiger partial charge in [-0.25, -0.2) is 15.0 Å². The lowest BCUT2D eigenvalue weighted by Crippen LogP contribution is -2.26. The first kappa shape index (κ1) is 16.0. The van der Waals surface area contributed by atoms with E-state index in [9.17, 15) is 4.79 Å². The van der Waals surface area contributed by atoms with Crippen LogP contribution in [0.15, 0.2) is 41.7 Å². The number of benzene rings is 1. The molecule has 1 aliphatic rings. The molecule has 7 heteroatoms. The van der Waals surface area contributed by atoms with Gasteiger partial charge in [0.05, 0.1) is 17.8 Å². The fourth-order valence-corrected chi connectivity index (χ4v) is 3.76. The van der Waals surface area contributed by atoms with Gasteiger partial charge in [0.2, 0.25) is 0 Å². The first-order valence-corrected chi connectivity index (χ1v) is 9.19. The highest BCUT2D eigenvalue weighted by atomic mass is 16.1. The maximum absolute atomic E-state index is 13.3. The summed E-state index contributed by atoms with van der Waals surface area (Å²) in [6.07, 6.45) is 5.21. The molecule has 1 fully saturated rings. The number of imidazole rings is 1. The number of aromatic nitrogens is 5. The second-order valence-corrected chi connectivity index (χ2v) is 7.20. The van der Waals surface area contributed by atoms with Crippen LogP contribution in [0, 0.1) is 6.92 Å². The smallest absolute Gasteiger partial charge is 0.259 e. The number of pyridine rings is 1. The van der Waals surface area contributed by atoms with Gasteiger partial charge >= 0.3 is 0 Å². The number of aryl methyl sites for hydroxylation is 1. The SMILES string of the molecule is Cc1cccc2cc([C@H](C)Nc3ncnc4[nH]cnc34)n(C3CC3)c(=O)c12. The Morgan fingerprint density at radius 3 is 2.93 bits per heavy atom. The largest absolute Gasteiger partial charge is 0.360 e. The lowest BCUT2D eigenvalue weighted by Gasteiger charge is -2.21. The van der Waals surface area contributed by atoms with Gasteiger partial charge in [0.15, 0.2) is 11.5 Å². The van der Waals surface area contributed by atoms with E-state index < -0.39 is 0 Å². The van der Waals surface area contributed by atoms with Crippen molar-refractivity contribution in [1.29, 1.82) is 0 Å². The summed E-state index contributed by atoms with van der Waals surface area (Å²) in [5, 5.41) is 5.22. The van der Waals surface area contributed by atoms with Crippen LogP contribution in [-0.4, -0.2) is 24.5 Å². The predicted octanol–water partition coefficient (Wildman–Crippen LogP) is 3.48. The average molecular weight is 360 g/mol. The van der Waals surface area contributed by atoms with Crippen LogP contribution >= 0.6 is 0 Å². The van der Waals surface area contributed by atoms with Crippen LogP contribution in [0.3, 0.4) is 0 Å². The normalized spacial score (nSPS) is 15.3. The standard InChI is InChI=1S/C20H20N6O/c1-11-4-3-5-13-8-15(26(14-6-7-14)20(27)16(11)13)12(2)25-19-17-18(22-9-21-17)23-10-24-19/h3-5,8-10,12,14H,6-7H2,1-2H3,(H2,21,22,23,24,25)/t12-/m0/s1. The van der Waals surface area contributed by atoms with E-state index in [1.165, 1.54) is 6.33 Å². The molecule has 0 aliphatic heterocycles. The zero-order chi connectivity index (χ0) is 18.5. The second kappa shape index (κ2) is 5.90. The van der Waals surface area contributed by atoms with Gasteiger partial charge in [-0.1, -0.05) is 18.2 Å². The minimum atomic E-state index is -0.0991. The Hall–Kier alpha value is -3.22. The minimum Gasteiger partial charge on any atom is -0.360 e. The van der Waals surface area contributed by atoms with E-state index in [1.54, 1.807) is 6.33 Å². The summed E-state index contributed by atoms with van der Waals surface area (Å²) in [4.78, 5) is 29.1. The van der Waals surface area contributed by atoms with E-state index in [1.807, 2.05) is 29.7 Å². The molecule has 27 heavy (non-hydrogen) atoms. The fourth-order valence-electron chi connectivity index (χ4n) is 3.76. The van der Waals surface area contributed by atoms with Crippen LogP contribution in [-0.2, 0) is 0 Å². The van der Waals surface area contributed by atoms with Crippen molar-refractivity contribution in [2.45, 2.75) is 38.8 Å². The Kier molecular flexibility index (Phi) is 3.50. The predicted molar refractivity (Wildman–Crippen MR) is 105 cm³/mol. The molecule has 4 aromatic rings. The molecule has 3 heterocycles. The number of anilines is 1. The summed E-state index contributed by atoms with van der Waals surface area (Å²) >= 11 is 0. The highest BCUT2D eigenvalue weighted by Crippen LogP contribution is 2.37. The summed E-state index contributed by atoms with van der Waals surface area (Å²) in [5.74, 6) is 0.660. The van der Waals surface area contributed by atoms with E-state index in [0.717, 1.165) is 34.9 Å². The van der Waals surface area contributed by atoms with E-state index >= 15 is 0 Å². The Morgan fingerprint density at radius 2 is 2.11 bits per heavy atom. The number of rotatable bonds is 4. The molecule has 0 spiro atoms. The molecule has 0 saturated heterocycles. The number of H-pyrrole nitrogens is 1. The van der Waals surface area contributed by atoms with E-state index in [0.29, 0.717) is 17.0 Å². The van der Waals surface area contributed by atoms with Gasteiger partial charge in [0.1, 0.15) is 11.8 Å². The molecule has 7 nitrogen and oxygen atoms in total. The van der Waals surface area contributed by atoms with Gasteiger partial charge < -0.3 is 14.9 Å². The summed E-state index contributed by atoms with van der Waals surface area (Å²) in [7, 11) is 0. The van der Waals surface area contributed by atoms with Crippen molar-refractivity contribution in [1.82, 2.24) is 24.5 Å². The van der Waals surface area contributed by atoms with Gasteiger partial charge in [-0.3, -0.25) is 4.79 Å². The van der Waals surface area contributed by atoms with Crippen LogP contribution in [0.1, 0.15) is 43.1 Å². The number of aromatic amines is 1. The first-order chi connectivity index (χ1) is 13.1. The van der Waals surface area contributed by atoms with E-state index in [-0.39, 0.29) is 17.6 Å². The molecule has 0 bridgehead atoms. The highest BCUT2D eigenvalue weighted by Gasteiger charge is 2.29. The average Bonchev–Trinajstić information content (AvgIpc) is 3.37. The molecule has 5 rings (SSSR count). The Balaban J connectivity index is 1.64. The monoisotopic (exact) mass is 360 g/mol. The third-order valence-corrected chi connectivity index (χ3v) is 5.25. The van der Waals surface area contributed by atoms with Crippen LogP contribution < -0.4 is 10.9 Å². The van der Waals surface area contributed by atoms with Crippen molar-refractivity contribution in [2.75, 3.05) is 5.32 Å². The van der Waals surface area contributed by atoms with Crippen LogP contribution in [0.2, 0.25) is 0 Å². The summed E-state index contributed by atoms with van der Waals surface area (Å²) in [5.41, 5.74) is 3.48. The highest BCUT2D eigenvalue weighted by molar-refractivity contribution is 5.85. The van der Waals surface area contributed by atoms with Crippen molar-refractivity contribution in [3.8, 4) is 0 Å². The fraction of sp³-hybridized carbons (Fsp3) is 0.300. The van der Waals surface area contributed by atoms with Crippen molar-refractivity contribution >= 4 is 27.8 Å². The maximum Gasteiger partial charge on any atom is 0.259 e. The van der Waals surface area contributed by atoms with Gasteiger partial charge in [-0.2, -0.15) is 0 Å². The maximum atomic E-state index is 13.3. The molecule has 0 amide bonds. The number of fused-ring (bicyclic) bond motifs is 2. The first-order valence-electron chi connectivity index (χ1n) is 9.19. The zero-order valence-corrected chi connectivity index (χ0v) is 15.2. The summed E-state index contributed by atoms with van der Waals surface area (Å²) in [6.45, 7) is 4.05. The van der Waals surface area contributed by atoms with Crippen LogP contribution in [0.5, 0.6) is 0 Å². The van der Waals surface area contributed by atoms with E-state index in [2.05, 4.69) is 38.2 Å². The van der Waals surface area contributed by atoms with Crippen molar-refractivity contribution in [3.63, 3.8) is 0 Å². The molecular weight excluding hydrogens is 340 g/mol. The molecule has 1 aromatic carbocycles. The molecule has 1 atom stereocenters. The summed E-state index contributed by atoms with van der Waals surface area (Å²) < 4.78 is 1.97. The molecule has 3 aromatic heterocycles. The van der Waals surface area contributed by atoms with Gasteiger partial charge in [-0.05, 0) is 43.7 Å². The molecule has 2 N–H and O–H groups in total. The molecule has 1 saturated carbocycles. The number of nitrogens with one attached hydrogen (secondary N) is 2. The molecule has 0 unspecified atom stereocenters. The molecule has 0 radical (unpaired) electrons. The minimum absolute atomic E-state index is 0.0991. The van der Waals surface area contributed by atoms with E-state index in [4.69, 9.17) is 0 Å². The Morgan fingerprint density at radius 1 is 1.26 bits per heavy atom. The molecular formula is C20H20N6O. The van der Waals surface area contributed by atoms with Crippen molar-refractivity contribution < 1.29 is 0 Å². The van der Waals surface area contributed by atoms with Gasteiger partial charge in [0, 0.05) is 11.7 Å². The van der Waals surface area contributed by atoms with Gasteiger partial charge in [0.25, 0.3) is 5.56 Å². The van der Waals surface area contributed by atoms with Crippen LogP contribution in [0.4, 0.5) is 5.82 Å². The molecule has 136 valence electrons. The molecule has 1 aliphatic carbocycles. The number of hydrogen-bond donors (Lipinski definition) is 2. The van der Waals surface area contributed by atoms with Crippen molar-refractivity contribution in [3.05, 3.63) is 58.5 Å². The topological polar surface area (TPSA) is 88.5 Å². The third kappa shape index (κ3) is 2.58. The second-order valence-electron chi connectivity index (χ2n) is 7.20. The quantitative estimate of drug-likeness (QED) is 0.582. The number of nitrogens with zero attached hydrogens (tertiary/aromatic N) is 4.